The van der Waals surface area contributed by atoms with E-state index >= 15 is 0 Å². The van der Waals surface area contributed by atoms with Crippen LogP contribution in [0.3, 0.4) is 0 Å². The van der Waals surface area contributed by atoms with Crippen LogP contribution in [0, 0.1) is 13.8 Å². The third kappa shape index (κ3) is 1.88. The molecule has 15 heavy (non-hydrogen) atoms. The van der Waals surface area contributed by atoms with Gasteiger partial charge in [-0.2, -0.15) is 0 Å². The number of aliphatic hydroxyl groups is 1. The smallest absolute Gasteiger partial charge is 0.254 e. The summed E-state index contributed by atoms with van der Waals surface area (Å²) in [5, 5.41) is 9.12. The molecule has 1 aromatic rings. The molecule has 1 N–H and O–H groups in total. The Bertz CT molecular complexity index is 395. The van der Waals surface area contributed by atoms with Crippen molar-refractivity contribution >= 4 is 5.91 Å². The van der Waals surface area contributed by atoms with Gasteiger partial charge in [0.1, 0.15) is 0 Å². The summed E-state index contributed by atoms with van der Waals surface area (Å²) in [5.41, 5.74) is 3.03. The number of amides is 1. The predicted molar refractivity (Wildman–Crippen MR) is 57.8 cm³/mol. The topological polar surface area (TPSA) is 40.5 Å². The van der Waals surface area contributed by atoms with E-state index in [1.165, 1.54) is 5.56 Å². The summed E-state index contributed by atoms with van der Waals surface area (Å²) in [6, 6.07) is 5.70. The van der Waals surface area contributed by atoms with Crippen LogP contribution in [0.2, 0.25) is 0 Å². The van der Waals surface area contributed by atoms with Crippen molar-refractivity contribution in [2.24, 2.45) is 0 Å². The molecule has 2 rings (SSSR count). The van der Waals surface area contributed by atoms with Crippen molar-refractivity contribution in [1.82, 2.24) is 4.90 Å². The second kappa shape index (κ2) is 3.66. The van der Waals surface area contributed by atoms with E-state index < -0.39 is 0 Å². The molecule has 1 aromatic carbocycles. The van der Waals surface area contributed by atoms with E-state index in [0.29, 0.717) is 18.7 Å². The van der Waals surface area contributed by atoms with Gasteiger partial charge in [0.05, 0.1) is 6.10 Å². The molecule has 0 unspecified atom stereocenters. The lowest BCUT2D eigenvalue weighted by Gasteiger charge is -2.35. The molecule has 0 aliphatic carbocycles. The van der Waals surface area contributed by atoms with Crippen molar-refractivity contribution in [3.05, 3.63) is 34.9 Å². The Morgan fingerprint density at radius 3 is 2.53 bits per heavy atom. The normalized spacial score (nSPS) is 16.3. The van der Waals surface area contributed by atoms with E-state index in [4.69, 9.17) is 5.11 Å². The van der Waals surface area contributed by atoms with Crippen LogP contribution >= 0.6 is 0 Å². The minimum Gasteiger partial charge on any atom is -0.389 e. The van der Waals surface area contributed by atoms with Gasteiger partial charge in [-0.25, -0.2) is 0 Å². The van der Waals surface area contributed by atoms with Gasteiger partial charge in [-0.3, -0.25) is 4.79 Å². The number of likely N-dealkylation sites (tertiary alicyclic amines) is 1. The molecule has 0 spiro atoms. The SMILES string of the molecule is Cc1ccc(C(=O)N2CC(O)C2)cc1C. The highest BCUT2D eigenvalue weighted by molar-refractivity contribution is 5.95. The van der Waals surface area contributed by atoms with Crippen molar-refractivity contribution in [3.8, 4) is 0 Å². The third-order valence-electron chi connectivity index (χ3n) is 2.90. The average molecular weight is 205 g/mol. The number of carbonyl (C=O) groups is 1. The van der Waals surface area contributed by atoms with Crippen LogP contribution in [0.4, 0.5) is 0 Å². The van der Waals surface area contributed by atoms with Gasteiger partial charge in [-0.15, -0.1) is 0 Å². The van der Waals surface area contributed by atoms with E-state index in [2.05, 4.69) is 0 Å². The van der Waals surface area contributed by atoms with Gasteiger partial charge >= 0.3 is 0 Å². The molecule has 1 saturated heterocycles. The number of aliphatic hydroxyl groups excluding tert-OH is 1. The minimum absolute atomic E-state index is 0.0170. The molecule has 1 aliphatic rings. The van der Waals surface area contributed by atoms with Crippen molar-refractivity contribution < 1.29 is 9.90 Å². The lowest BCUT2D eigenvalue weighted by atomic mass is 10.0. The maximum Gasteiger partial charge on any atom is 0.254 e. The standard InChI is InChI=1S/C12H15NO2/c1-8-3-4-10(5-9(8)2)12(15)13-6-11(14)7-13/h3-5,11,14H,6-7H2,1-2H3. The number of nitrogens with zero attached hydrogens (tertiary/aromatic N) is 1. The van der Waals surface area contributed by atoms with Gasteiger partial charge in [-0.05, 0) is 37.1 Å². The van der Waals surface area contributed by atoms with Crippen molar-refractivity contribution in [2.75, 3.05) is 13.1 Å². The number of rotatable bonds is 1. The summed E-state index contributed by atoms with van der Waals surface area (Å²) < 4.78 is 0. The first-order valence-electron chi connectivity index (χ1n) is 5.12. The highest BCUT2D eigenvalue weighted by atomic mass is 16.3. The number of carbonyl (C=O) groups excluding carboxylic acids is 1. The van der Waals surface area contributed by atoms with E-state index in [9.17, 15) is 4.79 Å². The van der Waals surface area contributed by atoms with Crippen LogP contribution in [-0.2, 0) is 0 Å². The van der Waals surface area contributed by atoms with Crippen LogP contribution < -0.4 is 0 Å². The molecule has 3 heteroatoms. The highest BCUT2D eigenvalue weighted by Gasteiger charge is 2.29. The Morgan fingerprint density at radius 2 is 2.00 bits per heavy atom. The molecule has 1 heterocycles. The predicted octanol–water partition coefficient (Wildman–Crippen LogP) is 1.12. The van der Waals surface area contributed by atoms with Gasteiger partial charge in [0.15, 0.2) is 0 Å². The molecule has 0 saturated carbocycles. The summed E-state index contributed by atoms with van der Waals surface area (Å²) in [7, 11) is 0. The molecule has 1 fully saturated rings. The summed E-state index contributed by atoms with van der Waals surface area (Å²) in [6.45, 7) is 4.95. The number of benzene rings is 1. The first kappa shape index (κ1) is 10.2. The largest absolute Gasteiger partial charge is 0.389 e. The second-order valence-corrected chi connectivity index (χ2v) is 4.16. The zero-order valence-electron chi connectivity index (χ0n) is 9.03. The molecule has 1 aliphatic heterocycles. The maximum atomic E-state index is 11.9. The summed E-state index contributed by atoms with van der Waals surface area (Å²) in [4.78, 5) is 13.5. The molecule has 80 valence electrons. The first-order valence-corrected chi connectivity index (χ1v) is 5.12. The van der Waals surface area contributed by atoms with Crippen LogP contribution in [0.15, 0.2) is 18.2 Å². The Labute approximate surface area is 89.3 Å². The lowest BCUT2D eigenvalue weighted by molar-refractivity contribution is 0.00589. The third-order valence-corrected chi connectivity index (χ3v) is 2.90. The van der Waals surface area contributed by atoms with Crippen molar-refractivity contribution in [2.45, 2.75) is 20.0 Å². The van der Waals surface area contributed by atoms with Crippen LogP contribution in [0.1, 0.15) is 21.5 Å². The van der Waals surface area contributed by atoms with Gasteiger partial charge in [0.25, 0.3) is 5.91 Å². The van der Waals surface area contributed by atoms with E-state index in [1.54, 1.807) is 4.90 Å². The molecular weight excluding hydrogens is 190 g/mol. The van der Waals surface area contributed by atoms with Crippen molar-refractivity contribution in [3.63, 3.8) is 0 Å². The molecule has 0 radical (unpaired) electrons. The van der Waals surface area contributed by atoms with Crippen LogP contribution in [-0.4, -0.2) is 35.1 Å². The fourth-order valence-corrected chi connectivity index (χ4v) is 1.68. The van der Waals surface area contributed by atoms with Crippen LogP contribution in [0.25, 0.3) is 0 Å². The lowest BCUT2D eigenvalue weighted by Crippen LogP contribution is -2.53. The fourth-order valence-electron chi connectivity index (χ4n) is 1.68. The Kier molecular flexibility index (Phi) is 2.49. The Balaban J connectivity index is 2.16. The molecule has 3 nitrogen and oxygen atoms in total. The van der Waals surface area contributed by atoms with Gasteiger partial charge in [-0.1, -0.05) is 6.07 Å². The van der Waals surface area contributed by atoms with Gasteiger partial charge in [0, 0.05) is 18.7 Å². The number of hydrogen-bond acceptors (Lipinski definition) is 2. The summed E-state index contributed by atoms with van der Waals surface area (Å²) in [6.07, 6.45) is -0.333. The number of hydrogen-bond donors (Lipinski definition) is 1. The highest BCUT2D eigenvalue weighted by Crippen LogP contribution is 2.16. The summed E-state index contributed by atoms with van der Waals surface area (Å²) in [5.74, 6) is 0.0170. The molecule has 0 aromatic heterocycles. The first-order chi connectivity index (χ1) is 7.08. The zero-order chi connectivity index (χ0) is 11.0. The van der Waals surface area contributed by atoms with Crippen LogP contribution in [0.5, 0.6) is 0 Å². The van der Waals surface area contributed by atoms with Crippen molar-refractivity contribution in [1.29, 1.82) is 0 Å². The summed E-state index contributed by atoms with van der Waals surface area (Å²) >= 11 is 0. The Hall–Kier alpha value is -1.35. The molecule has 0 atom stereocenters. The van der Waals surface area contributed by atoms with E-state index in [0.717, 1.165) is 5.56 Å². The number of β-amino-alcohol motifs (C(OH)–C–C–N with tert-alkyl or cyclic N) is 1. The molecule has 0 bridgehead atoms. The monoisotopic (exact) mass is 205 g/mol. The maximum absolute atomic E-state index is 11.9. The zero-order valence-corrected chi connectivity index (χ0v) is 9.03. The second-order valence-electron chi connectivity index (χ2n) is 4.16. The van der Waals surface area contributed by atoms with Gasteiger partial charge in [0.2, 0.25) is 0 Å². The quantitative estimate of drug-likeness (QED) is 0.746. The molecule has 1 amide bonds. The number of aryl methyl sites for hydroxylation is 2. The van der Waals surface area contributed by atoms with E-state index in [1.807, 2.05) is 32.0 Å². The van der Waals surface area contributed by atoms with E-state index in [-0.39, 0.29) is 12.0 Å². The van der Waals surface area contributed by atoms with Gasteiger partial charge < -0.3 is 10.0 Å². The molecular formula is C12H15NO2. The minimum atomic E-state index is -0.333. The fraction of sp³-hybridized carbons (Fsp3) is 0.417. The average Bonchev–Trinajstić information content (AvgIpc) is 2.16. The Morgan fingerprint density at radius 1 is 1.33 bits per heavy atom.